The first-order chi connectivity index (χ1) is 10.1. The van der Waals surface area contributed by atoms with E-state index >= 15 is 0 Å². The van der Waals surface area contributed by atoms with Crippen LogP contribution in [0.4, 0.5) is 22.0 Å². The van der Waals surface area contributed by atoms with Crippen molar-refractivity contribution in [1.29, 1.82) is 0 Å². The normalized spacial score (nSPS) is 10.0. The van der Waals surface area contributed by atoms with Crippen LogP contribution in [0.25, 0.3) is 0 Å². The monoisotopic (exact) mass is 288 g/mol. The fourth-order valence-corrected chi connectivity index (χ4v) is 1.59. The van der Waals surface area contributed by atoms with Gasteiger partial charge in [-0.25, -0.2) is 4.79 Å². The Balaban J connectivity index is 1.90. The van der Waals surface area contributed by atoms with E-state index in [9.17, 15) is 9.59 Å². The van der Waals surface area contributed by atoms with Gasteiger partial charge in [-0.2, -0.15) is 0 Å². The number of hydrogen-bond donors (Lipinski definition) is 3. The molecule has 1 aromatic heterocycles. The Labute approximate surface area is 121 Å². The highest BCUT2D eigenvalue weighted by molar-refractivity contribution is 5.99. The average molecular weight is 288 g/mol. The summed E-state index contributed by atoms with van der Waals surface area (Å²) in [6, 6.07) is 8.00. The van der Waals surface area contributed by atoms with E-state index < -0.39 is 6.03 Å². The lowest BCUT2D eigenvalue weighted by molar-refractivity contribution is -0.115. The van der Waals surface area contributed by atoms with E-state index in [1.807, 2.05) is 0 Å². The second-order valence-electron chi connectivity index (χ2n) is 4.38. The average Bonchev–Trinajstić information content (AvgIpc) is 2.86. The van der Waals surface area contributed by atoms with Gasteiger partial charge < -0.3 is 15.2 Å². The SMILES string of the molecule is CCC(=O)Nc1ccc(NC(=O)Nc2cc(C)on2)cc1. The Hall–Kier alpha value is -2.83. The van der Waals surface area contributed by atoms with Crippen molar-refractivity contribution in [2.75, 3.05) is 16.0 Å². The number of aromatic nitrogens is 1. The van der Waals surface area contributed by atoms with Gasteiger partial charge in [0.2, 0.25) is 5.91 Å². The number of urea groups is 1. The molecule has 0 bridgehead atoms. The zero-order valence-electron chi connectivity index (χ0n) is 11.8. The van der Waals surface area contributed by atoms with E-state index in [1.54, 1.807) is 44.2 Å². The fraction of sp³-hybridized carbons (Fsp3) is 0.214. The quantitative estimate of drug-likeness (QED) is 0.805. The maximum atomic E-state index is 11.7. The van der Waals surface area contributed by atoms with Crippen LogP contribution < -0.4 is 16.0 Å². The van der Waals surface area contributed by atoms with E-state index in [0.717, 1.165) is 0 Å². The standard InChI is InChI=1S/C14H16N4O3/c1-3-13(19)15-10-4-6-11(7-5-10)16-14(20)17-12-8-9(2)21-18-12/h4-8H,3H2,1-2H3,(H,15,19)(H2,16,17,18,20). The number of benzene rings is 1. The summed E-state index contributed by atoms with van der Waals surface area (Å²) in [4.78, 5) is 23.0. The van der Waals surface area contributed by atoms with Gasteiger partial charge in [0.05, 0.1) is 0 Å². The minimum atomic E-state index is -0.423. The molecule has 0 saturated carbocycles. The van der Waals surface area contributed by atoms with Gasteiger partial charge in [-0.3, -0.25) is 10.1 Å². The third-order valence-electron chi connectivity index (χ3n) is 2.62. The topological polar surface area (TPSA) is 96.3 Å². The molecule has 0 aliphatic rings. The summed E-state index contributed by atoms with van der Waals surface area (Å²) < 4.78 is 4.85. The van der Waals surface area contributed by atoms with Crippen LogP contribution in [0.5, 0.6) is 0 Å². The molecule has 3 amide bonds. The van der Waals surface area contributed by atoms with Crippen molar-refractivity contribution in [1.82, 2.24) is 5.16 Å². The van der Waals surface area contributed by atoms with E-state index in [1.165, 1.54) is 0 Å². The summed E-state index contributed by atoms with van der Waals surface area (Å²) >= 11 is 0. The second-order valence-corrected chi connectivity index (χ2v) is 4.38. The third kappa shape index (κ3) is 4.34. The minimum Gasteiger partial charge on any atom is -0.360 e. The molecule has 0 spiro atoms. The molecule has 1 heterocycles. The highest BCUT2D eigenvalue weighted by Crippen LogP contribution is 2.14. The number of carbonyl (C=O) groups excluding carboxylic acids is 2. The molecule has 0 fully saturated rings. The van der Waals surface area contributed by atoms with Gasteiger partial charge in [0.15, 0.2) is 5.82 Å². The molecule has 0 unspecified atom stereocenters. The lowest BCUT2D eigenvalue weighted by atomic mass is 10.2. The van der Waals surface area contributed by atoms with Gasteiger partial charge in [-0.1, -0.05) is 12.1 Å². The van der Waals surface area contributed by atoms with E-state index in [0.29, 0.717) is 29.4 Å². The molecule has 0 atom stereocenters. The van der Waals surface area contributed by atoms with Gasteiger partial charge in [-0.15, -0.1) is 0 Å². The third-order valence-corrected chi connectivity index (χ3v) is 2.62. The molecular weight excluding hydrogens is 272 g/mol. The first-order valence-electron chi connectivity index (χ1n) is 6.48. The van der Waals surface area contributed by atoms with Crippen molar-refractivity contribution in [3.05, 3.63) is 36.1 Å². The number of aryl methyl sites for hydroxylation is 1. The number of nitrogens with one attached hydrogen (secondary N) is 3. The van der Waals surface area contributed by atoms with Gasteiger partial charge >= 0.3 is 6.03 Å². The lowest BCUT2D eigenvalue weighted by Gasteiger charge is -2.07. The summed E-state index contributed by atoms with van der Waals surface area (Å²) in [5.41, 5.74) is 1.28. The summed E-state index contributed by atoms with van der Waals surface area (Å²) in [7, 11) is 0. The van der Waals surface area contributed by atoms with Crippen LogP contribution in [-0.4, -0.2) is 17.1 Å². The predicted octanol–water partition coefficient (Wildman–Crippen LogP) is 2.98. The molecule has 1 aromatic carbocycles. The highest BCUT2D eigenvalue weighted by atomic mass is 16.5. The Bertz CT molecular complexity index is 634. The van der Waals surface area contributed by atoms with Crippen LogP contribution in [0.2, 0.25) is 0 Å². The maximum absolute atomic E-state index is 11.7. The molecule has 7 heteroatoms. The van der Waals surface area contributed by atoms with Crippen molar-refractivity contribution < 1.29 is 14.1 Å². The number of hydrogen-bond acceptors (Lipinski definition) is 4. The molecule has 21 heavy (non-hydrogen) atoms. The molecule has 0 aliphatic heterocycles. The molecule has 0 saturated heterocycles. The van der Waals surface area contributed by atoms with Crippen molar-refractivity contribution in [2.24, 2.45) is 0 Å². The van der Waals surface area contributed by atoms with E-state index in [2.05, 4.69) is 21.1 Å². The number of anilines is 3. The van der Waals surface area contributed by atoms with Gasteiger partial charge in [-0.05, 0) is 31.2 Å². The van der Waals surface area contributed by atoms with Gasteiger partial charge in [0, 0.05) is 23.9 Å². The Morgan fingerprint density at radius 2 is 1.71 bits per heavy atom. The number of nitrogens with zero attached hydrogens (tertiary/aromatic N) is 1. The maximum Gasteiger partial charge on any atom is 0.324 e. The number of rotatable bonds is 4. The van der Waals surface area contributed by atoms with Crippen molar-refractivity contribution in [3.63, 3.8) is 0 Å². The van der Waals surface area contributed by atoms with Crippen molar-refractivity contribution in [2.45, 2.75) is 20.3 Å². The molecule has 7 nitrogen and oxygen atoms in total. The second kappa shape index (κ2) is 6.56. The molecular formula is C14H16N4O3. The molecule has 2 aromatic rings. The zero-order valence-corrected chi connectivity index (χ0v) is 11.8. The largest absolute Gasteiger partial charge is 0.360 e. The number of amides is 3. The van der Waals surface area contributed by atoms with Crippen LogP contribution in [-0.2, 0) is 4.79 Å². The Morgan fingerprint density at radius 1 is 1.10 bits per heavy atom. The first kappa shape index (κ1) is 14.6. The van der Waals surface area contributed by atoms with Crippen LogP contribution in [0.3, 0.4) is 0 Å². The van der Waals surface area contributed by atoms with Gasteiger partial charge in [0.25, 0.3) is 0 Å². The van der Waals surface area contributed by atoms with Gasteiger partial charge in [0.1, 0.15) is 5.76 Å². The highest BCUT2D eigenvalue weighted by Gasteiger charge is 2.06. The van der Waals surface area contributed by atoms with Crippen LogP contribution in [0.15, 0.2) is 34.9 Å². The summed E-state index contributed by atoms with van der Waals surface area (Å²) in [5.74, 6) is 0.896. The summed E-state index contributed by atoms with van der Waals surface area (Å²) in [5, 5.41) is 11.6. The van der Waals surface area contributed by atoms with Crippen molar-refractivity contribution >= 4 is 29.1 Å². The van der Waals surface area contributed by atoms with Crippen molar-refractivity contribution in [3.8, 4) is 0 Å². The predicted molar refractivity (Wildman–Crippen MR) is 79.2 cm³/mol. The summed E-state index contributed by atoms with van der Waals surface area (Å²) in [6.45, 7) is 3.51. The minimum absolute atomic E-state index is 0.0603. The Morgan fingerprint density at radius 3 is 2.24 bits per heavy atom. The first-order valence-corrected chi connectivity index (χ1v) is 6.48. The summed E-state index contributed by atoms with van der Waals surface area (Å²) in [6.07, 6.45) is 0.416. The fourth-order valence-electron chi connectivity index (χ4n) is 1.59. The van der Waals surface area contributed by atoms with Crippen LogP contribution >= 0.6 is 0 Å². The molecule has 2 rings (SSSR count). The number of carbonyl (C=O) groups is 2. The van der Waals surface area contributed by atoms with E-state index in [-0.39, 0.29) is 5.91 Å². The molecule has 0 aliphatic carbocycles. The molecule has 110 valence electrons. The van der Waals surface area contributed by atoms with E-state index in [4.69, 9.17) is 4.52 Å². The smallest absolute Gasteiger partial charge is 0.324 e. The van der Waals surface area contributed by atoms with Crippen LogP contribution in [0.1, 0.15) is 19.1 Å². The van der Waals surface area contributed by atoms with Crippen LogP contribution in [0, 0.1) is 6.92 Å². The zero-order chi connectivity index (χ0) is 15.2. The lowest BCUT2D eigenvalue weighted by Crippen LogP contribution is -2.19. The molecule has 0 radical (unpaired) electrons. The Kier molecular flexibility index (Phi) is 4.55. The molecule has 3 N–H and O–H groups in total.